The summed E-state index contributed by atoms with van der Waals surface area (Å²) in [6, 6.07) is 0.625. The van der Waals surface area contributed by atoms with E-state index < -0.39 is 5.60 Å². The lowest BCUT2D eigenvalue weighted by molar-refractivity contribution is -0.128. The normalized spacial score (nSPS) is 36.3. The van der Waals surface area contributed by atoms with Crippen LogP contribution in [0.25, 0.3) is 0 Å². The first kappa shape index (κ1) is 14.3. The summed E-state index contributed by atoms with van der Waals surface area (Å²) < 4.78 is 11.6. The van der Waals surface area contributed by atoms with Gasteiger partial charge in [0.1, 0.15) is 0 Å². The van der Waals surface area contributed by atoms with Gasteiger partial charge in [-0.25, -0.2) is 0 Å². The van der Waals surface area contributed by atoms with Crippen molar-refractivity contribution in [2.75, 3.05) is 13.2 Å². The smallest absolute Gasteiger partial charge is 0.0975 e. The molecule has 3 atom stereocenters. The van der Waals surface area contributed by atoms with E-state index in [4.69, 9.17) is 9.47 Å². The second-order valence-corrected chi connectivity index (χ2v) is 6.31. The third-order valence-corrected chi connectivity index (χ3v) is 3.63. The van der Waals surface area contributed by atoms with Gasteiger partial charge in [-0.15, -0.1) is 0 Å². The minimum atomic E-state index is -0.770. The van der Waals surface area contributed by atoms with Crippen molar-refractivity contribution in [1.82, 2.24) is 5.32 Å². The molecule has 0 aromatic rings. The van der Waals surface area contributed by atoms with Gasteiger partial charge in [-0.3, -0.25) is 0 Å². The quantitative estimate of drug-likeness (QED) is 0.756. The highest BCUT2D eigenvalue weighted by Crippen LogP contribution is 2.23. The van der Waals surface area contributed by atoms with E-state index in [1.54, 1.807) is 0 Å². The standard InChI is InChI=1S/C14H27NO3/c1-10-6-13(7-11(2)18-10)17-9-14(3,16)8-15-12-4-5-12/h10-13,15-16H,4-9H2,1-3H3. The van der Waals surface area contributed by atoms with E-state index in [0.29, 0.717) is 19.2 Å². The monoisotopic (exact) mass is 257 g/mol. The molecule has 2 aliphatic rings. The minimum Gasteiger partial charge on any atom is -0.386 e. The van der Waals surface area contributed by atoms with E-state index in [9.17, 15) is 5.11 Å². The van der Waals surface area contributed by atoms with Gasteiger partial charge in [0.15, 0.2) is 0 Å². The summed E-state index contributed by atoms with van der Waals surface area (Å²) >= 11 is 0. The first-order valence-electron chi connectivity index (χ1n) is 7.17. The first-order chi connectivity index (χ1) is 8.44. The molecule has 1 saturated carbocycles. The zero-order chi connectivity index (χ0) is 13.2. The number of hydrogen-bond acceptors (Lipinski definition) is 4. The van der Waals surface area contributed by atoms with Crippen LogP contribution in [0.4, 0.5) is 0 Å². The number of ether oxygens (including phenoxy) is 2. The third kappa shape index (κ3) is 4.84. The number of rotatable bonds is 6. The predicted octanol–water partition coefficient (Wildman–Crippen LogP) is 1.46. The van der Waals surface area contributed by atoms with Crippen LogP contribution < -0.4 is 5.32 Å². The Morgan fingerprint density at radius 2 is 1.89 bits per heavy atom. The highest BCUT2D eigenvalue weighted by atomic mass is 16.5. The van der Waals surface area contributed by atoms with E-state index in [-0.39, 0.29) is 18.3 Å². The van der Waals surface area contributed by atoms with Crippen molar-refractivity contribution < 1.29 is 14.6 Å². The molecule has 1 aliphatic heterocycles. The molecule has 2 fully saturated rings. The highest BCUT2D eigenvalue weighted by molar-refractivity contribution is 4.86. The van der Waals surface area contributed by atoms with E-state index >= 15 is 0 Å². The fraction of sp³-hybridized carbons (Fsp3) is 1.00. The predicted molar refractivity (Wildman–Crippen MR) is 70.6 cm³/mol. The van der Waals surface area contributed by atoms with Gasteiger partial charge in [0.25, 0.3) is 0 Å². The van der Waals surface area contributed by atoms with Crippen LogP contribution in [-0.4, -0.2) is 48.2 Å². The van der Waals surface area contributed by atoms with Gasteiger partial charge in [0, 0.05) is 12.6 Å². The van der Waals surface area contributed by atoms with E-state index in [0.717, 1.165) is 12.8 Å². The van der Waals surface area contributed by atoms with Crippen LogP contribution in [0.3, 0.4) is 0 Å². The van der Waals surface area contributed by atoms with E-state index in [1.807, 2.05) is 6.92 Å². The average molecular weight is 257 g/mol. The van der Waals surface area contributed by atoms with Crippen LogP contribution in [0.15, 0.2) is 0 Å². The van der Waals surface area contributed by atoms with Crippen molar-refractivity contribution >= 4 is 0 Å². The van der Waals surface area contributed by atoms with Gasteiger partial charge in [-0.1, -0.05) is 0 Å². The Balaban J connectivity index is 1.68. The minimum absolute atomic E-state index is 0.219. The zero-order valence-electron chi connectivity index (χ0n) is 11.8. The molecule has 0 spiro atoms. The summed E-state index contributed by atoms with van der Waals surface area (Å²) in [6.45, 7) is 7.02. The molecule has 1 aliphatic carbocycles. The Bertz CT molecular complexity index is 256. The Kier molecular flexibility index (Phi) is 4.64. The van der Waals surface area contributed by atoms with Gasteiger partial charge >= 0.3 is 0 Å². The highest BCUT2D eigenvalue weighted by Gasteiger charge is 2.30. The molecular weight excluding hydrogens is 230 g/mol. The summed E-state index contributed by atoms with van der Waals surface area (Å²) in [6.07, 6.45) is 5.07. The Morgan fingerprint density at radius 1 is 1.28 bits per heavy atom. The van der Waals surface area contributed by atoms with Gasteiger partial charge in [-0.05, 0) is 46.5 Å². The molecule has 0 amide bonds. The molecule has 1 saturated heterocycles. The average Bonchev–Trinajstić information content (AvgIpc) is 3.07. The van der Waals surface area contributed by atoms with Gasteiger partial charge in [-0.2, -0.15) is 0 Å². The molecular formula is C14H27NO3. The maximum absolute atomic E-state index is 10.2. The molecule has 18 heavy (non-hydrogen) atoms. The van der Waals surface area contributed by atoms with Gasteiger partial charge in [0.2, 0.25) is 0 Å². The van der Waals surface area contributed by atoms with Crippen molar-refractivity contribution in [3.8, 4) is 0 Å². The summed E-state index contributed by atoms with van der Waals surface area (Å²) in [5.74, 6) is 0. The van der Waals surface area contributed by atoms with E-state index in [2.05, 4.69) is 19.2 Å². The molecule has 0 bridgehead atoms. The van der Waals surface area contributed by atoms with Crippen molar-refractivity contribution in [1.29, 1.82) is 0 Å². The Labute approximate surface area is 110 Å². The van der Waals surface area contributed by atoms with Crippen molar-refractivity contribution in [3.63, 3.8) is 0 Å². The van der Waals surface area contributed by atoms with Crippen LogP contribution >= 0.6 is 0 Å². The van der Waals surface area contributed by atoms with Crippen LogP contribution in [0, 0.1) is 0 Å². The number of hydrogen-bond donors (Lipinski definition) is 2. The largest absolute Gasteiger partial charge is 0.386 e. The summed E-state index contributed by atoms with van der Waals surface area (Å²) in [5.41, 5.74) is -0.770. The number of aliphatic hydroxyl groups is 1. The molecule has 4 nitrogen and oxygen atoms in total. The van der Waals surface area contributed by atoms with Crippen molar-refractivity contribution in [2.24, 2.45) is 0 Å². The third-order valence-electron chi connectivity index (χ3n) is 3.63. The number of nitrogens with one attached hydrogen (secondary N) is 1. The van der Waals surface area contributed by atoms with Crippen molar-refractivity contribution in [2.45, 2.75) is 76.4 Å². The second kappa shape index (κ2) is 5.87. The summed E-state index contributed by atoms with van der Waals surface area (Å²) in [7, 11) is 0. The van der Waals surface area contributed by atoms with Crippen LogP contribution in [-0.2, 0) is 9.47 Å². The molecule has 106 valence electrons. The Hall–Kier alpha value is -0.160. The first-order valence-corrected chi connectivity index (χ1v) is 7.17. The zero-order valence-corrected chi connectivity index (χ0v) is 11.8. The lowest BCUT2D eigenvalue weighted by Gasteiger charge is -2.34. The molecule has 0 aromatic heterocycles. The molecule has 4 heteroatoms. The molecule has 0 radical (unpaired) electrons. The molecule has 3 unspecified atom stereocenters. The molecule has 1 heterocycles. The van der Waals surface area contributed by atoms with Crippen LogP contribution in [0.2, 0.25) is 0 Å². The van der Waals surface area contributed by atoms with Gasteiger partial charge < -0.3 is 19.9 Å². The van der Waals surface area contributed by atoms with E-state index in [1.165, 1.54) is 12.8 Å². The fourth-order valence-corrected chi connectivity index (χ4v) is 2.48. The Morgan fingerprint density at radius 3 is 2.44 bits per heavy atom. The maximum atomic E-state index is 10.2. The molecule has 2 N–H and O–H groups in total. The van der Waals surface area contributed by atoms with Crippen LogP contribution in [0.1, 0.15) is 46.5 Å². The second-order valence-electron chi connectivity index (χ2n) is 6.31. The topological polar surface area (TPSA) is 50.7 Å². The molecule has 0 aromatic carbocycles. The summed E-state index contributed by atoms with van der Waals surface area (Å²) in [4.78, 5) is 0. The van der Waals surface area contributed by atoms with Crippen LogP contribution in [0.5, 0.6) is 0 Å². The summed E-state index contributed by atoms with van der Waals surface area (Å²) in [5, 5.41) is 13.6. The molecule has 2 rings (SSSR count). The fourth-order valence-electron chi connectivity index (χ4n) is 2.48. The van der Waals surface area contributed by atoms with Crippen molar-refractivity contribution in [3.05, 3.63) is 0 Å². The van der Waals surface area contributed by atoms with Gasteiger partial charge in [0.05, 0.1) is 30.5 Å². The SMILES string of the molecule is CC1CC(OCC(C)(O)CNC2CC2)CC(C)O1. The maximum Gasteiger partial charge on any atom is 0.0975 e. The lowest BCUT2D eigenvalue weighted by Crippen LogP contribution is -2.45. The lowest BCUT2D eigenvalue weighted by atomic mass is 10.0.